The standard InChI is InChI=1S/C20H26F2N2O/c1-13-8-15-4-3-6-20(15,10-13)18(25)24-7-5-17-14(12-24)9-16(11-23-17)19(2,21)22/h9,11,13,15H,3-8,10,12H2,1-2H3/t13-,15-,20-/m1/s1. The monoisotopic (exact) mass is 348 g/mol. The van der Waals surface area contributed by atoms with Crippen molar-refractivity contribution >= 4 is 5.91 Å². The van der Waals surface area contributed by atoms with Crippen LogP contribution in [0.15, 0.2) is 12.3 Å². The van der Waals surface area contributed by atoms with Gasteiger partial charge in [0.1, 0.15) is 0 Å². The third-order valence-electron chi connectivity index (χ3n) is 6.62. The molecule has 1 aromatic heterocycles. The molecule has 0 bridgehead atoms. The summed E-state index contributed by atoms with van der Waals surface area (Å²) in [7, 11) is 0. The van der Waals surface area contributed by atoms with Crippen LogP contribution in [-0.2, 0) is 23.7 Å². The van der Waals surface area contributed by atoms with Crippen LogP contribution in [0.2, 0.25) is 0 Å². The van der Waals surface area contributed by atoms with Crippen molar-refractivity contribution in [2.75, 3.05) is 6.54 Å². The number of hydrogen-bond acceptors (Lipinski definition) is 2. The maximum atomic E-state index is 13.6. The van der Waals surface area contributed by atoms with Crippen LogP contribution < -0.4 is 0 Å². The van der Waals surface area contributed by atoms with Crippen LogP contribution in [0, 0.1) is 17.3 Å². The molecule has 3 atom stereocenters. The maximum Gasteiger partial charge on any atom is 0.272 e. The molecule has 2 saturated carbocycles. The summed E-state index contributed by atoms with van der Waals surface area (Å²) >= 11 is 0. The third kappa shape index (κ3) is 2.76. The highest BCUT2D eigenvalue weighted by atomic mass is 19.3. The fraction of sp³-hybridized carbons (Fsp3) is 0.700. The molecule has 2 aliphatic carbocycles. The van der Waals surface area contributed by atoms with Crippen molar-refractivity contribution in [2.45, 2.75) is 64.8 Å². The number of nitrogens with zero attached hydrogens (tertiary/aromatic N) is 2. The molecule has 0 spiro atoms. The lowest BCUT2D eigenvalue weighted by Gasteiger charge is -2.37. The number of carbonyl (C=O) groups excluding carboxylic acids is 1. The first-order chi connectivity index (χ1) is 11.8. The molecule has 5 heteroatoms. The molecule has 2 heterocycles. The molecule has 25 heavy (non-hydrogen) atoms. The minimum absolute atomic E-state index is 0.0630. The molecular weight excluding hydrogens is 322 g/mol. The Morgan fingerprint density at radius 1 is 1.44 bits per heavy atom. The Kier molecular flexibility index (Phi) is 3.89. The number of hydrogen-bond donors (Lipinski definition) is 0. The molecule has 136 valence electrons. The van der Waals surface area contributed by atoms with Crippen molar-refractivity contribution < 1.29 is 13.6 Å². The van der Waals surface area contributed by atoms with Gasteiger partial charge in [-0.1, -0.05) is 13.3 Å². The summed E-state index contributed by atoms with van der Waals surface area (Å²) < 4.78 is 27.2. The van der Waals surface area contributed by atoms with Gasteiger partial charge < -0.3 is 4.90 Å². The van der Waals surface area contributed by atoms with Gasteiger partial charge in [0, 0.05) is 43.9 Å². The maximum absolute atomic E-state index is 13.6. The van der Waals surface area contributed by atoms with E-state index in [1.54, 1.807) is 6.07 Å². The van der Waals surface area contributed by atoms with E-state index in [0.29, 0.717) is 31.3 Å². The summed E-state index contributed by atoms with van der Waals surface area (Å²) in [4.78, 5) is 19.5. The molecule has 0 unspecified atom stereocenters. The zero-order valence-corrected chi connectivity index (χ0v) is 15.0. The van der Waals surface area contributed by atoms with Crippen LogP contribution in [0.5, 0.6) is 0 Å². The van der Waals surface area contributed by atoms with Crippen molar-refractivity contribution in [2.24, 2.45) is 17.3 Å². The van der Waals surface area contributed by atoms with E-state index >= 15 is 0 Å². The molecule has 1 aliphatic heterocycles. The van der Waals surface area contributed by atoms with Gasteiger partial charge in [-0.15, -0.1) is 0 Å². The van der Waals surface area contributed by atoms with Crippen molar-refractivity contribution in [3.63, 3.8) is 0 Å². The molecule has 1 aromatic rings. The molecule has 3 aliphatic rings. The highest BCUT2D eigenvalue weighted by Crippen LogP contribution is 2.57. The SMILES string of the molecule is C[C@@H]1C[C@H]2CCC[C@@]2(C(=O)N2CCc3ncc(C(C)(F)F)cc3C2)C1. The Bertz CT molecular complexity index is 699. The zero-order valence-electron chi connectivity index (χ0n) is 15.0. The van der Waals surface area contributed by atoms with Gasteiger partial charge in [0.15, 0.2) is 0 Å². The zero-order chi connectivity index (χ0) is 17.8. The topological polar surface area (TPSA) is 33.2 Å². The van der Waals surface area contributed by atoms with E-state index in [1.807, 2.05) is 4.90 Å². The number of aromatic nitrogens is 1. The van der Waals surface area contributed by atoms with Gasteiger partial charge in [-0.3, -0.25) is 9.78 Å². The normalized spacial score (nSPS) is 31.8. The van der Waals surface area contributed by atoms with Gasteiger partial charge in [-0.05, 0) is 49.1 Å². The first-order valence-electron chi connectivity index (χ1n) is 9.45. The average Bonchev–Trinajstić information content (AvgIpc) is 3.09. The minimum Gasteiger partial charge on any atom is -0.337 e. The van der Waals surface area contributed by atoms with E-state index in [9.17, 15) is 13.6 Å². The van der Waals surface area contributed by atoms with Gasteiger partial charge >= 0.3 is 0 Å². The summed E-state index contributed by atoms with van der Waals surface area (Å²) in [6.45, 7) is 4.22. The molecule has 1 amide bonds. The van der Waals surface area contributed by atoms with Crippen molar-refractivity contribution in [1.29, 1.82) is 0 Å². The lowest BCUT2D eigenvalue weighted by molar-refractivity contribution is -0.144. The number of rotatable bonds is 2. The van der Waals surface area contributed by atoms with Gasteiger partial charge in [0.05, 0.1) is 5.41 Å². The highest BCUT2D eigenvalue weighted by molar-refractivity contribution is 5.84. The van der Waals surface area contributed by atoms with E-state index in [-0.39, 0.29) is 16.9 Å². The van der Waals surface area contributed by atoms with Crippen LogP contribution in [0.3, 0.4) is 0 Å². The molecular formula is C20H26F2N2O. The molecule has 0 aromatic carbocycles. The van der Waals surface area contributed by atoms with Crippen LogP contribution in [0.1, 0.15) is 62.8 Å². The fourth-order valence-corrected chi connectivity index (χ4v) is 5.47. The number of pyridine rings is 1. The summed E-state index contributed by atoms with van der Waals surface area (Å²) in [6, 6.07) is 1.54. The van der Waals surface area contributed by atoms with E-state index < -0.39 is 5.92 Å². The first kappa shape index (κ1) is 16.9. The fourth-order valence-electron chi connectivity index (χ4n) is 5.47. The predicted molar refractivity (Wildman–Crippen MR) is 91.1 cm³/mol. The number of alkyl halides is 2. The van der Waals surface area contributed by atoms with Gasteiger partial charge in [0.2, 0.25) is 5.91 Å². The third-order valence-corrected chi connectivity index (χ3v) is 6.62. The van der Waals surface area contributed by atoms with Crippen molar-refractivity contribution in [3.05, 3.63) is 29.1 Å². The Morgan fingerprint density at radius 3 is 3.00 bits per heavy atom. The van der Waals surface area contributed by atoms with E-state index in [4.69, 9.17) is 0 Å². The highest BCUT2D eigenvalue weighted by Gasteiger charge is 2.55. The number of amides is 1. The van der Waals surface area contributed by atoms with Gasteiger partial charge in [0.25, 0.3) is 5.92 Å². The number of carbonyl (C=O) groups is 1. The smallest absolute Gasteiger partial charge is 0.272 e. The second-order valence-electron chi connectivity index (χ2n) is 8.49. The predicted octanol–water partition coefficient (Wildman–Crippen LogP) is 4.29. The largest absolute Gasteiger partial charge is 0.337 e. The first-order valence-corrected chi connectivity index (χ1v) is 9.45. The lowest BCUT2D eigenvalue weighted by Crippen LogP contribution is -2.46. The molecule has 0 saturated heterocycles. The van der Waals surface area contributed by atoms with Crippen molar-refractivity contribution in [3.8, 4) is 0 Å². The molecule has 2 fully saturated rings. The van der Waals surface area contributed by atoms with Crippen molar-refractivity contribution in [1.82, 2.24) is 9.88 Å². The van der Waals surface area contributed by atoms with Crippen LogP contribution in [0.4, 0.5) is 8.78 Å². The summed E-state index contributed by atoms with van der Waals surface area (Å²) in [5.74, 6) is -1.51. The molecule has 0 radical (unpaired) electrons. The van der Waals surface area contributed by atoms with E-state index in [1.165, 1.54) is 6.20 Å². The quantitative estimate of drug-likeness (QED) is 0.799. The van der Waals surface area contributed by atoms with Crippen LogP contribution >= 0.6 is 0 Å². The number of halogens is 2. The van der Waals surface area contributed by atoms with E-state index in [0.717, 1.165) is 50.3 Å². The lowest BCUT2D eigenvalue weighted by atomic mass is 9.78. The molecule has 4 rings (SSSR count). The van der Waals surface area contributed by atoms with Gasteiger partial charge in [-0.2, -0.15) is 0 Å². The number of fused-ring (bicyclic) bond motifs is 2. The van der Waals surface area contributed by atoms with Crippen LogP contribution in [0.25, 0.3) is 0 Å². The minimum atomic E-state index is -2.90. The second kappa shape index (κ2) is 5.75. The van der Waals surface area contributed by atoms with Crippen LogP contribution in [-0.4, -0.2) is 22.3 Å². The second-order valence-corrected chi connectivity index (χ2v) is 8.49. The average molecular weight is 348 g/mol. The molecule has 0 N–H and O–H groups in total. The Balaban J connectivity index is 1.59. The Labute approximate surface area is 147 Å². The summed E-state index contributed by atoms with van der Waals surface area (Å²) in [6.07, 6.45) is 7.38. The Morgan fingerprint density at radius 2 is 2.24 bits per heavy atom. The Hall–Kier alpha value is -1.52. The van der Waals surface area contributed by atoms with E-state index in [2.05, 4.69) is 11.9 Å². The summed E-state index contributed by atoms with van der Waals surface area (Å²) in [5, 5.41) is 0. The summed E-state index contributed by atoms with van der Waals surface area (Å²) in [5.41, 5.74) is 1.40. The van der Waals surface area contributed by atoms with Gasteiger partial charge in [-0.25, -0.2) is 8.78 Å². The molecule has 3 nitrogen and oxygen atoms in total.